The molecule has 3 nitrogen and oxygen atoms in total. The predicted molar refractivity (Wildman–Crippen MR) is 92.2 cm³/mol. The fraction of sp³-hybridized carbons (Fsp3) is 0.389. The Morgan fingerprint density at radius 3 is 2.91 bits per heavy atom. The first-order chi connectivity index (χ1) is 10.7. The van der Waals surface area contributed by atoms with Crippen LogP contribution in [-0.4, -0.2) is 30.0 Å². The van der Waals surface area contributed by atoms with Crippen LogP contribution < -0.4 is 4.74 Å². The summed E-state index contributed by atoms with van der Waals surface area (Å²) in [4.78, 5) is 14.3. The summed E-state index contributed by atoms with van der Waals surface area (Å²) in [5.41, 5.74) is 0. The molecule has 22 heavy (non-hydrogen) atoms. The molecule has 0 spiro atoms. The minimum atomic E-state index is 0.0762. The Morgan fingerprint density at radius 2 is 2.09 bits per heavy atom. The van der Waals surface area contributed by atoms with Crippen molar-refractivity contribution in [1.29, 1.82) is 0 Å². The normalized spacial score (nSPS) is 18.5. The number of carbonyl (C=O) groups is 1. The summed E-state index contributed by atoms with van der Waals surface area (Å²) in [6, 6.07) is 12.4. The molecule has 1 heterocycles. The number of amides is 1. The Morgan fingerprint density at radius 1 is 1.27 bits per heavy atom. The number of likely N-dealkylation sites (tertiary alicyclic amines) is 1. The van der Waals surface area contributed by atoms with Crippen molar-refractivity contribution >= 4 is 32.6 Å². The van der Waals surface area contributed by atoms with Gasteiger partial charge in [-0.1, -0.05) is 30.3 Å². The SMILES string of the molecule is C[C@@H]1CCCCN1C(=O)COc1ccc2ccccc2c1Br. The second-order valence-corrected chi connectivity index (χ2v) is 6.61. The van der Waals surface area contributed by atoms with Crippen LogP contribution in [0.15, 0.2) is 40.9 Å². The maximum atomic E-state index is 12.3. The summed E-state index contributed by atoms with van der Waals surface area (Å²) < 4.78 is 6.68. The molecule has 116 valence electrons. The molecule has 1 atom stereocenters. The van der Waals surface area contributed by atoms with E-state index in [9.17, 15) is 4.79 Å². The van der Waals surface area contributed by atoms with E-state index in [0.717, 1.165) is 40.4 Å². The maximum absolute atomic E-state index is 12.3. The zero-order valence-corrected chi connectivity index (χ0v) is 14.3. The third-order valence-electron chi connectivity index (χ3n) is 4.30. The first-order valence-electron chi connectivity index (χ1n) is 7.76. The van der Waals surface area contributed by atoms with Crippen molar-refractivity contribution in [2.75, 3.05) is 13.2 Å². The van der Waals surface area contributed by atoms with Gasteiger partial charge in [-0.05, 0) is 59.0 Å². The quantitative estimate of drug-likeness (QED) is 0.811. The van der Waals surface area contributed by atoms with Crippen LogP contribution in [0, 0.1) is 0 Å². The first kappa shape index (κ1) is 15.3. The van der Waals surface area contributed by atoms with Gasteiger partial charge in [-0.25, -0.2) is 0 Å². The summed E-state index contributed by atoms with van der Waals surface area (Å²) in [6.45, 7) is 3.06. The number of benzene rings is 2. The summed E-state index contributed by atoms with van der Waals surface area (Å²) in [7, 11) is 0. The Hall–Kier alpha value is -1.55. The van der Waals surface area contributed by atoms with Crippen LogP contribution in [0.25, 0.3) is 10.8 Å². The van der Waals surface area contributed by atoms with Crippen molar-refractivity contribution in [1.82, 2.24) is 4.90 Å². The second kappa shape index (κ2) is 6.69. The fourth-order valence-corrected chi connectivity index (χ4v) is 3.62. The smallest absolute Gasteiger partial charge is 0.260 e. The molecule has 0 bridgehead atoms. The molecule has 0 saturated carbocycles. The van der Waals surface area contributed by atoms with Gasteiger partial charge in [0.15, 0.2) is 6.61 Å². The minimum Gasteiger partial charge on any atom is -0.483 e. The maximum Gasteiger partial charge on any atom is 0.260 e. The number of hydrogen-bond acceptors (Lipinski definition) is 2. The predicted octanol–water partition coefficient (Wildman–Crippen LogP) is 4.38. The van der Waals surface area contributed by atoms with E-state index < -0.39 is 0 Å². The van der Waals surface area contributed by atoms with Crippen LogP contribution in [0.2, 0.25) is 0 Å². The van der Waals surface area contributed by atoms with Crippen molar-refractivity contribution < 1.29 is 9.53 Å². The topological polar surface area (TPSA) is 29.5 Å². The molecule has 0 radical (unpaired) electrons. The lowest BCUT2D eigenvalue weighted by atomic mass is 10.0. The van der Waals surface area contributed by atoms with Gasteiger partial charge in [0.1, 0.15) is 5.75 Å². The molecule has 3 rings (SSSR count). The average Bonchev–Trinajstić information content (AvgIpc) is 2.55. The third-order valence-corrected chi connectivity index (χ3v) is 5.12. The van der Waals surface area contributed by atoms with Gasteiger partial charge >= 0.3 is 0 Å². The minimum absolute atomic E-state index is 0.0762. The van der Waals surface area contributed by atoms with E-state index in [4.69, 9.17) is 4.74 Å². The van der Waals surface area contributed by atoms with Crippen molar-refractivity contribution in [2.24, 2.45) is 0 Å². The number of hydrogen-bond donors (Lipinski definition) is 0. The molecule has 1 fully saturated rings. The lowest BCUT2D eigenvalue weighted by molar-refractivity contribution is -0.136. The number of ether oxygens (including phenoxy) is 1. The van der Waals surface area contributed by atoms with Crippen LogP contribution in [-0.2, 0) is 4.79 Å². The van der Waals surface area contributed by atoms with Gasteiger partial charge in [-0.15, -0.1) is 0 Å². The highest BCUT2D eigenvalue weighted by Crippen LogP contribution is 2.33. The molecule has 2 aromatic rings. The third kappa shape index (κ3) is 3.12. The Labute approximate surface area is 139 Å². The molecule has 1 saturated heterocycles. The van der Waals surface area contributed by atoms with Crippen LogP contribution in [0.4, 0.5) is 0 Å². The van der Waals surface area contributed by atoms with Gasteiger partial charge in [-0.2, -0.15) is 0 Å². The Bertz CT molecular complexity index is 686. The zero-order valence-electron chi connectivity index (χ0n) is 12.7. The highest BCUT2D eigenvalue weighted by molar-refractivity contribution is 9.10. The lowest BCUT2D eigenvalue weighted by Gasteiger charge is -2.33. The van der Waals surface area contributed by atoms with E-state index in [1.165, 1.54) is 6.42 Å². The number of halogens is 1. The molecular weight excluding hydrogens is 342 g/mol. The van der Waals surface area contributed by atoms with Crippen LogP contribution in [0.3, 0.4) is 0 Å². The average molecular weight is 362 g/mol. The van der Waals surface area contributed by atoms with Crippen molar-refractivity contribution in [3.05, 3.63) is 40.9 Å². The monoisotopic (exact) mass is 361 g/mol. The molecule has 2 aromatic carbocycles. The highest BCUT2D eigenvalue weighted by atomic mass is 79.9. The van der Waals surface area contributed by atoms with E-state index in [2.05, 4.69) is 28.9 Å². The van der Waals surface area contributed by atoms with Crippen LogP contribution in [0.5, 0.6) is 5.75 Å². The van der Waals surface area contributed by atoms with Gasteiger partial charge < -0.3 is 9.64 Å². The van der Waals surface area contributed by atoms with Crippen molar-refractivity contribution in [2.45, 2.75) is 32.2 Å². The van der Waals surface area contributed by atoms with E-state index >= 15 is 0 Å². The Balaban J connectivity index is 1.71. The largest absolute Gasteiger partial charge is 0.483 e. The molecule has 4 heteroatoms. The summed E-state index contributed by atoms with van der Waals surface area (Å²) >= 11 is 3.59. The number of rotatable bonds is 3. The number of piperidine rings is 1. The number of nitrogens with zero attached hydrogens (tertiary/aromatic N) is 1. The number of carbonyl (C=O) groups excluding carboxylic acids is 1. The number of fused-ring (bicyclic) bond motifs is 1. The molecule has 1 aliphatic heterocycles. The molecule has 0 N–H and O–H groups in total. The second-order valence-electron chi connectivity index (χ2n) is 5.82. The van der Waals surface area contributed by atoms with Gasteiger partial charge in [0.05, 0.1) is 4.47 Å². The lowest BCUT2D eigenvalue weighted by Crippen LogP contribution is -2.44. The van der Waals surface area contributed by atoms with E-state index in [-0.39, 0.29) is 12.5 Å². The molecule has 0 aliphatic carbocycles. The van der Waals surface area contributed by atoms with Crippen molar-refractivity contribution in [3.8, 4) is 5.75 Å². The summed E-state index contributed by atoms with van der Waals surface area (Å²) in [5.74, 6) is 0.795. The van der Waals surface area contributed by atoms with Crippen LogP contribution >= 0.6 is 15.9 Å². The van der Waals surface area contributed by atoms with E-state index in [1.807, 2.05) is 35.2 Å². The van der Waals surface area contributed by atoms with E-state index in [0.29, 0.717) is 6.04 Å². The van der Waals surface area contributed by atoms with E-state index in [1.54, 1.807) is 0 Å². The molecule has 0 aromatic heterocycles. The molecule has 0 unspecified atom stereocenters. The van der Waals surface area contributed by atoms with Crippen molar-refractivity contribution in [3.63, 3.8) is 0 Å². The zero-order chi connectivity index (χ0) is 15.5. The summed E-state index contributed by atoms with van der Waals surface area (Å²) in [5, 5.41) is 2.25. The molecule has 1 aliphatic rings. The molecular formula is C18H20BrNO2. The highest BCUT2D eigenvalue weighted by Gasteiger charge is 2.23. The standard InChI is InChI=1S/C18H20BrNO2/c1-13-6-4-5-11-20(13)17(21)12-22-16-10-9-14-7-2-3-8-15(14)18(16)19/h2-3,7-10,13H,4-6,11-12H2,1H3/t13-/m1/s1. The first-order valence-corrected chi connectivity index (χ1v) is 8.55. The molecule has 1 amide bonds. The Kier molecular flexibility index (Phi) is 4.67. The fourth-order valence-electron chi connectivity index (χ4n) is 3.02. The van der Waals surface area contributed by atoms with Gasteiger partial charge in [0.25, 0.3) is 5.91 Å². The van der Waals surface area contributed by atoms with Gasteiger partial charge in [-0.3, -0.25) is 4.79 Å². The van der Waals surface area contributed by atoms with Gasteiger partial charge in [0, 0.05) is 12.6 Å². The van der Waals surface area contributed by atoms with Crippen LogP contribution in [0.1, 0.15) is 26.2 Å². The van der Waals surface area contributed by atoms with Gasteiger partial charge in [0.2, 0.25) is 0 Å². The summed E-state index contributed by atoms with van der Waals surface area (Å²) in [6.07, 6.45) is 3.39.